The van der Waals surface area contributed by atoms with Crippen LogP contribution in [0.2, 0.25) is 0 Å². The van der Waals surface area contributed by atoms with Gasteiger partial charge in [-0.1, -0.05) is 47.0 Å². The molecule has 2 rings (SSSR count). The van der Waals surface area contributed by atoms with Gasteiger partial charge in [-0.2, -0.15) is 0 Å². The van der Waals surface area contributed by atoms with E-state index in [2.05, 4.69) is 33.0 Å². The van der Waals surface area contributed by atoms with Gasteiger partial charge in [0.2, 0.25) is 0 Å². The van der Waals surface area contributed by atoms with Crippen molar-refractivity contribution in [3.63, 3.8) is 0 Å². The first-order chi connectivity index (χ1) is 8.52. The zero-order valence-electron chi connectivity index (χ0n) is 13.0. The number of rotatable bonds is 4. The summed E-state index contributed by atoms with van der Waals surface area (Å²) in [4.78, 5) is 0. The summed E-state index contributed by atoms with van der Waals surface area (Å²) in [6.07, 6.45) is 8.96. The number of nitrogens with one attached hydrogen (secondary N) is 1. The summed E-state index contributed by atoms with van der Waals surface area (Å²) in [5.74, 6) is 4.02. The summed E-state index contributed by atoms with van der Waals surface area (Å²) >= 11 is 0. The Morgan fingerprint density at radius 2 is 1.78 bits per heavy atom. The lowest BCUT2D eigenvalue weighted by atomic mass is 9.59. The zero-order valence-corrected chi connectivity index (χ0v) is 13.0. The van der Waals surface area contributed by atoms with Crippen LogP contribution in [0, 0.1) is 29.1 Å². The van der Waals surface area contributed by atoms with E-state index in [4.69, 9.17) is 0 Å². The van der Waals surface area contributed by atoms with Gasteiger partial charge in [0.1, 0.15) is 0 Å². The molecule has 1 N–H and O–H groups in total. The molecule has 3 atom stereocenters. The molecular weight excluding hydrogens is 218 g/mol. The van der Waals surface area contributed by atoms with Crippen molar-refractivity contribution in [2.75, 3.05) is 13.1 Å². The van der Waals surface area contributed by atoms with Crippen LogP contribution in [0.4, 0.5) is 0 Å². The summed E-state index contributed by atoms with van der Waals surface area (Å²) < 4.78 is 0. The minimum Gasteiger partial charge on any atom is -0.317 e. The third-order valence-corrected chi connectivity index (χ3v) is 5.68. The van der Waals surface area contributed by atoms with Crippen molar-refractivity contribution in [1.82, 2.24) is 5.32 Å². The van der Waals surface area contributed by atoms with E-state index >= 15 is 0 Å². The monoisotopic (exact) mass is 251 g/mol. The predicted octanol–water partition coefficient (Wildman–Crippen LogP) is 4.47. The summed E-state index contributed by atoms with van der Waals surface area (Å²) in [7, 11) is 0. The van der Waals surface area contributed by atoms with Crippen molar-refractivity contribution in [3.05, 3.63) is 0 Å². The molecule has 18 heavy (non-hydrogen) atoms. The molecule has 2 aliphatic rings. The Morgan fingerprint density at radius 3 is 2.28 bits per heavy atom. The molecular formula is C17H33N. The van der Waals surface area contributed by atoms with Gasteiger partial charge in [0.25, 0.3) is 0 Å². The highest BCUT2D eigenvalue weighted by atomic mass is 14.8. The summed E-state index contributed by atoms with van der Waals surface area (Å²) in [5, 5.41) is 3.60. The molecule has 0 aliphatic heterocycles. The fourth-order valence-electron chi connectivity index (χ4n) is 4.08. The van der Waals surface area contributed by atoms with E-state index in [9.17, 15) is 0 Å². The first-order valence-electron chi connectivity index (χ1n) is 8.23. The maximum atomic E-state index is 3.60. The van der Waals surface area contributed by atoms with Crippen LogP contribution < -0.4 is 5.32 Å². The molecule has 0 heterocycles. The van der Waals surface area contributed by atoms with E-state index in [0.717, 1.165) is 30.2 Å². The molecule has 0 saturated heterocycles. The SMILES string of the molecule is CCNCC1CCC(C(C)(C)C)CC1C1CCC1. The standard InChI is InChI=1S/C17H33N/c1-5-18-12-14-9-10-15(17(2,3)4)11-16(14)13-7-6-8-13/h13-16,18H,5-12H2,1-4H3. The molecule has 2 aliphatic carbocycles. The van der Waals surface area contributed by atoms with E-state index in [1.54, 1.807) is 0 Å². The number of hydrogen-bond donors (Lipinski definition) is 1. The van der Waals surface area contributed by atoms with E-state index in [0.29, 0.717) is 5.41 Å². The van der Waals surface area contributed by atoms with Gasteiger partial charge in [0.15, 0.2) is 0 Å². The van der Waals surface area contributed by atoms with Crippen LogP contribution in [-0.2, 0) is 0 Å². The van der Waals surface area contributed by atoms with Crippen LogP contribution in [0.25, 0.3) is 0 Å². The molecule has 2 saturated carbocycles. The molecule has 3 unspecified atom stereocenters. The summed E-state index contributed by atoms with van der Waals surface area (Å²) in [6.45, 7) is 12.0. The lowest BCUT2D eigenvalue weighted by Gasteiger charge is -2.47. The lowest BCUT2D eigenvalue weighted by Crippen LogP contribution is -2.41. The normalized spacial score (nSPS) is 34.3. The van der Waals surface area contributed by atoms with Crippen molar-refractivity contribution in [1.29, 1.82) is 0 Å². The van der Waals surface area contributed by atoms with Gasteiger partial charge in [-0.25, -0.2) is 0 Å². The molecule has 0 aromatic heterocycles. The number of hydrogen-bond acceptors (Lipinski definition) is 1. The van der Waals surface area contributed by atoms with Gasteiger partial charge >= 0.3 is 0 Å². The van der Waals surface area contributed by atoms with Crippen molar-refractivity contribution in [3.8, 4) is 0 Å². The zero-order chi connectivity index (χ0) is 13.2. The molecule has 0 radical (unpaired) electrons. The topological polar surface area (TPSA) is 12.0 Å². The molecule has 1 heteroatoms. The first-order valence-corrected chi connectivity index (χ1v) is 8.23. The molecule has 0 aromatic rings. The van der Waals surface area contributed by atoms with Crippen LogP contribution in [0.3, 0.4) is 0 Å². The fraction of sp³-hybridized carbons (Fsp3) is 1.00. The van der Waals surface area contributed by atoms with Crippen LogP contribution in [0.15, 0.2) is 0 Å². The molecule has 106 valence electrons. The molecule has 0 bridgehead atoms. The largest absolute Gasteiger partial charge is 0.317 e. The van der Waals surface area contributed by atoms with Crippen LogP contribution in [0.5, 0.6) is 0 Å². The van der Waals surface area contributed by atoms with Crippen molar-refractivity contribution in [2.45, 2.75) is 66.2 Å². The minimum atomic E-state index is 0.519. The van der Waals surface area contributed by atoms with E-state index < -0.39 is 0 Å². The van der Waals surface area contributed by atoms with Gasteiger partial charge in [-0.15, -0.1) is 0 Å². The summed E-state index contributed by atoms with van der Waals surface area (Å²) in [5.41, 5.74) is 0.519. The van der Waals surface area contributed by atoms with Gasteiger partial charge in [-0.05, 0) is 61.4 Å². The maximum absolute atomic E-state index is 3.60. The van der Waals surface area contributed by atoms with Gasteiger partial charge in [0.05, 0.1) is 0 Å². The lowest BCUT2D eigenvalue weighted by molar-refractivity contribution is 0.0365. The molecule has 1 nitrogen and oxygen atoms in total. The van der Waals surface area contributed by atoms with Crippen molar-refractivity contribution >= 4 is 0 Å². The molecule has 0 aromatic carbocycles. The Labute approximate surface area is 114 Å². The van der Waals surface area contributed by atoms with E-state index in [1.165, 1.54) is 45.1 Å². The van der Waals surface area contributed by atoms with Gasteiger partial charge < -0.3 is 5.32 Å². The van der Waals surface area contributed by atoms with E-state index in [-0.39, 0.29) is 0 Å². The average Bonchev–Trinajstić information content (AvgIpc) is 2.23. The first kappa shape index (κ1) is 14.4. The maximum Gasteiger partial charge on any atom is -0.00179 e. The summed E-state index contributed by atoms with van der Waals surface area (Å²) in [6, 6.07) is 0. The average molecular weight is 251 g/mol. The Morgan fingerprint density at radius 1 is 1.06 bits per heavy atom. The highest BCUT2D eigenvalue weighted by molar-refractivity contribution is 4.91. The Hall–Kier alpha value is -0.0400. The Bertz CT molecular complexity index is 249. The van der Waals surface area contributed by atoms with Gasteiger partial charge in [0, 0.05) is 0 Å². The smallest absolute Gasteiger partial charge is 0.00179 e. The fourth-order valence-corrected chi connectivity index (χ4v) is 4.08. The second kappa shape index (κ2) is 5.94. The molecule has 0 amide bonds. The molecule has 0 spiro atoms. The third kappa shape index (κ3) is 3.29. The quantitative estimate of drug-likeness (QED) is 0.777. The van der Waals surface area contributed by atoms with Crippen LogP contribution >= 0.6 is 0 Å². The highest BCUT2D eigenvalue weighted by Gasteiger charge is 2.40. The Balaban J connectivity index is 1.96. The highest BCUT2D eigenvalue weighted by Crippen LogP contribution is 2.49. The van der Waals surface area contributed by atoms with Crippen molar-refractivity contribution < 1.29 is 0 Å². The predicted molar refractivity (Wildman–Crippen MR) is 79.7 cm³/mol. The van der Waals surface area contributed by atoms with E-state index in [1.807, 2.05) is 0 Å². The molecule has 2 fully saturated rings. The third-order valence-electron chi connectivity index (χ3n) is 5.68. The van der Waals surface area contributed by atoms with Crippen LogP contribution in [-0.4, -0.2) is 13.1 Å². The second-order valence-corrected chi connectivity index (χ2v) is 7.80. The minimum absolute atomic E-state index is 0.519. The van der Waals surface area contributed by atoms with Crippen molar-refractivity contribution in [2.24, 2.45) is 29.1 Å². The van der Waals surface area contributed by atoms with Gasteiger partial charge in [-0.3, -0.25) is 0 Å². The van der Waals surface area contributed by atoms with Crippen LogP contribution in [0.1, 0.15) is 66.2 Å². The Kier molecular flexibility index (Phi) is 4.75. The second-order valence-electron chi connectivity index (χ2n) is 7.80.